The zero-order valence-corrected chi connectivity index (χ0v) is 16.5. The van der Waals surface area contributed by atoms with Crippen molar-refractivity contribution in [3.05, 3.63) is 30.6 Å². The van der Waals surface area contributed by atoms with Crippen LogP contribution in [0.15, 0.2) is 30.6 Å². The van der Waals surface area contributed by atoms with Crippen molar-refractivity contribution in [1.29, 1.82) is 0 Å². The van der Waals surface area contributed by atoms with Crippen molar-refractivity contribution in [2.45, 2.75) is 32.0 Å². The fourth-order valence-corrected chi connectivity index (χ4v) is 3.87. The molecule has 0 N–H and O–H groups in total. The third kappa shape index (κ3) is 4.01. The van der Waals surface area contributed by atoms with Crippen molar-refractivity contribution in [3.8, 4) is 17.0 Å². The summed E-state index contributed by atoms with van der Waals surface area (Å²) < 4.78 is 27.0. The van der Waals surface area contributed by atoms with Gasteiger partial charge in [0.1, 0.15) is 18.1 Å². The summed E-state index contributed by atoms with van der Waals surface area (Å²) in [5.41, 5.74) is 2.93. The molecule has 0 radical (unpaired) electrons. The van der Waals surface area contributed by atoms with Crippen molar-refractivity contribution < 1.29 is 18.9 Å². The lowest BCUT2D eigenvalue weighted by molar-refractivity contribution is -0.0365. The lowest BCUT2D eigenvalue weighted by atomic mass is 10.1. The Morgan fingerprint density at radius 2 is 1.86 bits per heavy atom. The number of hydrogen-bond acceptors (Lipinski definition) is 6. The zero-order chi connectivity index (χ0) is 19.5. The van der Waals surface area contributed by atoms with Crippen LogP contribution in [-0.4, -0.2) is 59.2 Å². The lowest BCUT2D eigenvalue weighted by Gasteiger charge is -2.23. The van der Waals surface area contributed by atoms with Gasteiger partial charge in [0.2, 0.25) is 0 Å². The Kier molecular flexibility index (Phi) is 5.47. The van der Waals surface area contributed by atoms with Gasteiger partial charge in [0, 0.05) is 23.8 Å². The smallest absolute Gasteiger partial charge is 0.150 e. The summed E-state index contributed by atoms with van der Waals surface area (Å²) >= 11 is 0. The molecule has 5 rings (SSSR count). The molecule has 1 fully saturated rings. The van der Waals surface area contributed by atoms with Crippen LogP contribution in [0.1, 0.15) is 25.5 Å². The molecule has 3 aromatic rings. The number of fused-ring (bicyclic) bond motifs is 4. The molecular formula is C21H26N4O4. The highest BCUT2D eigenvalue weighted by Gasteiger charge is 2.22. The monoisotopic (exact) mass is 398 g/mol. The molecule has 4 heterocycles. The predicted octanol–water partition coefficient (Wildman–Crippen LogP) is 3.02. The van der Waals surface area contributed by atoms with E-state index in [-0.39, 0.29) is 6.23 Å². The van der Waals surface area contributed by atoms with E-state index < -0.39 is 0 Å². The summed E-state index contributed by atoms with van der Waals surface area (Å²) in [6, 6.07) is 6.12. The number of hydrogen-bond donors (Lipinski definition) is 0. The molecule has 0 amide bonds. The summed E-state index contributed by atoms with van der Waals surface area (Å²) in [5, 5.41) is 10.5. The molecule has 8 nitrogen and oxygen atoms in total. The maximum absolute atomic E-state index is 6.01. The van der Waals surface area contributed by atoms with Crippen LogP contribution in [0.5, 0.6) is 5.75 Å². The van der Waals surface area contributed by atoms with Crippen molar-refractivity contribution in [1.82, 2.24) is 19.6 Å². The van der Waals surface area contributed by atoms with Crippen LogP contribution < -0.4 is 4.74 Å². The van der Waals surface area contributed by atoms with Crippen LogP contribution in [-0.2, 0) is 20.8 Å². The van der Waals surface area contributed by atoms with E-state index in [4.69, 9.17) is 24.0 Å². The van der Waals surface area contributed by atoms with Gasteiger partial charge in [0.15, 0.2) is 6.23 Å². The highest BCUT2D eigenvalue weighted by Crippen LogP contribution is 2.34. The fourth-order valence-electron chi connectivity index (χ4n) is 3.87. The largest absolute Gasteiger partial charge is 0.491 e. The molecule has 1 atom stereocenters. The highest BCUT2D eigenvalue weighted by molar-refractivity contribution is 5.94. The number of aromatic nitrogens is 4. The van der Waals surface area contributed by atoms with E-state index in [2.05, 4.69) is 17.2 Å². The average molecular weight is 398 g/mol. The third-order valence-electron chi connectivity index (χ3n) is 5.35. The second-order valence-electron chi connectivity index (χ2n) is 7.36. The van der Waals surface area contributed by atoms with E-state index in [0.29, 0.717) is 39.6 Å². The van der Waals surface area contributed by atoms with E-state index in [9.17, 15) is 0 Å². The topological polar surface area (TPSA) is 72.6 Å². The van der Waals surface area contributed by atoms with Gasteiger partial charge in [-0.3, -0.25) is 4.68 Å². The van der Waals surface area contributed by atoms with Crippen molar-refractivity contribution in [2.24, 2.45) is 0 Å². The molecule has 29 heavy (non-hydrogen) atoms. The first-order valence-electron chi connectivity index (χ1n) is 10.3. The molecule has 0 aliphatic carbocycles. The first kappa shape index (κ1) is 18.6. The zero-order valence-electron chi connectivity index (χ0n) is 16.5. The van der Waals surface area contributed by atoms with E-state index in [1.807, 2.05) is 27.8 Å². The quantitative estimate of drug-likeness (QED) is 0.627. The van der Waals surface area contributed by atoms with Crippen LogP contribution in [0.3, 0.4) is 0 Å². The first-order chi connectivity index (χ1) is 14.4. The molecule has 1 saturated heterocycles. The average Bonchev–Trinajstić information content (AvgIpc) is 3.37. The van der Waals surface area contributed by atoms with Gasteiger partial charge in [-0.2, -0.15) is 10.2 Å². The number of benzene rings is 1. The van der Waals surface area contributed by atoms with Gasteiger partial charge in [0.05, 0.1) is 44.7 Å². The Labute approximate surface area is 169 Å². The van der Waals surface area contributed by atoms with Crippen LogP contribution in [0, 0.1) is 0 Å². The molecule has 2 aromatic heterocycles. The minimum absolute atomic E-state index is 0.0299. The van der Waals surface area contributed by atoms with Crippen LogP contribution in [0.25, 0.3) is 22.2 Å². The van der Waals surface area contributed by atoms with E-state index in [1.165, 1.54) is 0 Å². The molecule has 0 saturated carbocycles. The minimum Gasteiger partial charge on any atom is -0.491 e. The summed E-state index contributed by atoms with van der Waals surface area (Å²) in [7, 11) is 0. The Balaban J connectivity index is 1.56. The van der Waals surface area contributed by atoms with Gasteiger partial charge in [-0.05, 0) is 37.5 Å². The van der Waals surface area contributed by atoms with Crippen LogP contribution in [0.2, 0.25) is 0 Å². The van der Waals surface area contributed by atoms with Crippen LogP contribution in [0.4, 0.5) is 0 Å². The molecule has 1 unspecified atom stereocenters. The summed E-state index contributed by atoms with van der Waals surface area (Å²) in [6.45, 7) is 4.22. The van der Waals surface area contributed by atoms with Gasteiger partial charge in [-0.1, -0.05) is 0 Å². The van der Waals surface area contributed by atoms with E-state index >= 15 is 0 Å². The normalized spacial score (nSPS) is 21.3. The number of ether oxygens (including phenoxy) is 4. The molecule has 0 spiro atoms. The van der Waals surface area contributed by atoms with E-state index in [1.54, 1.807) is 0 Å². The highest BCUT2D eigenvalue weighted by atomic mass is 16.5. The van der Waals surface area contributed by atoms with Gasteiger partial charge in [-0.25, -0.2) is 4.68 Å². The lowest BCUT2D eigenvalue weighted by Crippen LogP contribution is -2.19. The van der Waals surface area contributed by atoms with E-state index in [0.717, 1.165) is 53.8 Å². The van der Waals surface area contributed by atoms with Gasteiger partial charge >= 0.3 is 0 Å². The Morgan fingerprint density at radius 3 is 2.76 bits per heavy atom. The molecule has 154 valence electrons. The second-order valence-corrected chi connectivity index (χ2v) is 7.36. The van der Waals surface area contributed by atoms with Gasteiger partial charge in [0.25, 0.3) is 0 Å². The molecule has 8 heteroatoms. The fraction of sp³-hybridized carbons (Fsp3) is 0.524. The maximum Gasteiger partial charge on any atom is 0.150 e. The SMILES string of the molecule is c1cc2c3cc1OCCOCCOCCn1cc(cn1)-c3nn2C1CCCCO1. The maximum atomic E-state index is 6.01. The Morgan fingerprint density at radius 1 is 0.966 bits per heavy atom. The Bertz CT molecular complexity index is 961. The Hall–Kier alpha value is -2.42. The molecule has 4 bridgehead atoms. The molecular weight excluding hydrogens is 372 g/mol. The number of nitrogens with zero attached hydrogens (tertiary/aromatic N) is 4. The standard InChI is InChI=1S/C21H26N4O4/c1-2-7-29-20(3-1)25-19-5-4-17-13-18(19)21(23-25)16-14-22-24(15-16)6-8-26-9-10-27-11-12-28-17/h4-5,13-15,20H,1-3,6-12H2. The minimum atomic E-state index is -0.0299. The molecule has 2 aliphatic rings. The summed E-state index contributed by atoms with van der Waals surface area (Å²) in [5.74, 6) is 0.808. The summed E-state index contributed by atoms with van der Waals surface area (Å²) in [6.07, 6.45) is 7.09. The number of rotatable bonds is 1. The summed E-state index contributed by atoms with van der Waals surface area (Å²) in [4.78, 5) is 0. The third-order valence-corrected chi connectivity index (χ3v) is 5.35. The molecule has 2 aliphatic heterocycles. The van der Waals surface area contributed by atoms with Crippen molar-refractivity contribution in [3.63, 3.8) is 0 Å². The van der Waals surface area contributed by atoms with Gasteiger partial charge < -0.3 is 18.9 Å². The van der Waals surface area contributed by atoms with Crippen molar-refractivity contribution >= 4 is 10.9 Å². The van der Waals surface area contributed by atoms with Gasteiger partial charge in [-0.15, -0.1) is 0 Å². The second kappa shape index (κ2) is 8.52. The first-order valence-corrected chi connectivity index (χ1v) is 10.3. The molecule has 1 aromatic carbocycles. The predicted molar refractivity (Wildman–Crippen MR) is 107 cm³/mol. The van der Waals surface area contributed by atoms with Crippen LogP contribution >= 0.6 is 0 Å². The van der Waals surface area contributed by atoms with Crippen molar-refractivity contribution in [2.75, 3.05) is 39.6 Å².